The molecule has 4 aromatic rings. The summed E-state index contributed by atoms with van der Waals surface area (Å²) < 4.78 is 10.8. The molecule has 0 radical (unpaired) electrons. The molecule has 4 aromatic carbocycles. The fourth-order valence-corrected chi connectivity index (χ4v) is 4.02. The molecule has 0 heterocycles. The van der Waals surface area contributed by atoms with Crippen molar-refractivity contribution in [3.63, 3.8) is 0 Å². The molecule has 0 aliphatic carbocycles. The van der Waals surface area contributed by atoms with E-state index in [2.05, 4.69) is 0 Å². The number of allylic oxidation sites excluding steroid dienone is 8. The molecule has 0 aliphatic rings. The lowest BCUT2D eigenvalue weighted by Gasteiger charge is -2.01. The first-order valence-electron chi connectivity index (χ1n) is 15.4. The van der Waals surface area contributed by atoms with Crippen LogP contribution < -0.4 is 9.47 Å². The van der Waals surface area contributed by atoms with Crippen LogP contribution in [0.15, 0.2) is 146 Å². The van der Waals surface area contributed by atoms with E-state index >= 15 is 0 Å². The minimum absolute atomic E-state index is 0.0981. The molecule has 8 nitrogen and oxygen atoms in total. The summed E-state index contributed by atoms with van der Waals surface area (Å²) in [5.41, 5.74) is 4.23. The molecular weight excluding hydrogens is 604 g/mol. The van der Waals surface area contributed by atoms with Crippen molar-refractivity contribution in [2.24, 2.45) is 0 Å². The second-order valence-corrected chi connectivity index (χ2v) is 9.91. The molecule has 244 valence electrons. The van der Waals surface area contributed by atoms with E-state index in [0.29, 0.717) is 13.2 Å². The first-order valence-corrected chi connectivity index (χ1v) is 15.4. The van der Waals surface area contributed by atoms with Crippen LogP contribution in [0.25, 0.3) is 24.3 Å². The van der Waals surface area contributed by atoms with Gasteiger partial charge in [0.2, 0.25) is 0 Å². The Kier molecular flexibility index (Phi) is 15.6. The maximum absolute atomic E-state index is 10.6. The number of hydrogen-bond acceptors (Lipinski definition) is 6. The molecule has 0 unspecified atom stereocenters. The van der Waals surface area contributed by atoms with E-state index in [1.165, 1.54) is 24.3 Å². The highest BCUT2D eigenvalue weighted by molar-refractivity contribution is 5.56. The van der Waals surface area contributed by atoms with Gasteiger partial charge in [0.15, 0.2) is 0 Å². The van der Waals surface area contributed by atoms with Gasteiger partial charge in [0.05, 0.1) is 23.1 Å². The van der Waals surface area contributed by atoms with Gasteiger partial charge < -0.3 is 9.47 Å². The summed E-state index contributed by atoms with van der Waals surface area (Å²) >= 11 is 0. The average Bonchev–Trinajstić information content (AvgIpc) is 3.10. The van der Waals surface area contributed by atoms with Gasteiger partial charge in [0.25, 0.3) is 11.4 Å². The Morgan fingerprint density at radius 1 is 0.438 bits per heavy atom. The van der Waals surface area contributed by atoms with E-state index in [0.717, 1.165) is 33.8 Å². The fourth-order valence-electron chi connectivity index (χ4n) is 4.02. The summed E-state index contributed by atoms with van der Waals surface area (Å²) in [6.07, 6.45) is 23.2. The van der Waals surface area contributed by atoms with Gasteiger partial charge in [-0.1, -0.05) is 97.2 Å². The molecule has 48 heavy (non-hydrogen) atoms. The van der Waals surface area contributed by atoms with Gasteiger partial charge in [-0.2, -0.15) is 0 Å². The van der Waals surface area contributed by atoms with Gasteiger partial charge in [-0.3, -0.25) is 20.2 Å². The van der Waals surface area contributed by atoms with E-state index in [9.17, 15) is 20.2 Å². The Morgan fingerprint density at radius 2 is 0.688 bits per heavy atom. The van der Waals surface area contributed by atoms with Crippen molar-refractivity contribution in [3.8, 4) is 11.5 Å². The topological polar surface area (TPSA) is 105 Å². The Labute approximate surface area is 281 Å². The van der Waals surface area contributed by atoms with Gasteiger partial charge >= 0.3 is 0 Å². The van der Waals surface area contributed by atoms with Gasteiger partial charge in [0.1, 0.15) is 11.5 Å². The molecule has 0 aromatic heterocycles. The SMILES string of the molecule is CCOc1ccc(/C=C/C=C\C=C\c2ccc([N+](=O)[O-])cc2)cc1.CCOc1ccc(/C=C/C=C\C=C\c2ccc([N+](=O)[O-])cc2)cc1. The largest absolute Gasteiger partial charge is 0.494 e. The number of nitrogens with zero attached hydrogens (tertiary/aromatic N) is 2. The van der Waals surface area contributed by atoms with Crippen LogP contribution >= 0.6 is 0 Å². The Balaban J connectivity index is 0.000000260. The highest BCUT2D eigenvalue weighted by Gasteiger charge is 2.02. The zero-order valence-corrected chi connectivity index (χ0v) is 26.9. The third-order valence-corrected chi connectivity index (χ3v) is 6.41. The number of nitro benzene ring substituents is 2. The normalized spacial score (nSPS) is 11.5. The molecule has 0 bridgehead atoms. The average molecular weight is 643 g/mol. The van der Waals surface area contributed by atoms with Crippen LogP contribution in [0.4, 0.5) is 11.4 Å². The highest BCUT2D eigenvalue weighted by Crippen LogP contribution is 2.16. The predicted molar refractivity (Wildman–Crippen MR) is 196 cm³/mol. The lowest BCUT2D eigenvalue weighted by atomic mass is 10.2. The molecule has 4 rings (SSSR count). The van der Waals surface area contributed by atoms with E-state index in [1.807, 2.05) is 135 Å². The molecule has 0 fully saturated rings. The Bertz CT molecular complexity index is 1620. The van der Waals surface area contributed by atoms with Crippen molar-refractivity contribution in [2.45, 2.75) is 13.8 Å². The monoisotopic (exact) mass is 642 g/mol. The second-order valence-electron chi connectivity index (χ2n) is 9.91. The molecule has 0 amide bonds. The maximum Gasteiger partial charge on any atom is 0.269 e. The molecule has 0 N–H and O–H groups in total. The number of non-ortho nitro benzene ring substituents is 2. The predicted octanol–water partition coefficient (Wildman–Crippen LogP) is 10.6. The quantitative estimate of drug-likeness (QED) is 0.0770. The zero-order chi connectivity index (χ0) is 34.4. The van der Waals surface area contributed by atoms with E-state index in [1.54, 1.807) is 24.3 Å². The van der Waals surface area contributed by atoms with E-state index in [4.69, 9.17) is 9.47 Å². The number of rotatable bonds is 14. The van der Waals surface area contributed by atoms with Crippen LogP contribution in [-0.4, -0.2) is 23.1 Å². The van der Waals surface area contributed by atoms with Crippen molar-refractivity contribution >= 4 is 35.7 Å². The third-order valence-electron chi connectivity index (χ3n) is 6.41. The van der Waals surface area contributed by atoms with Crippen molar-refractivity contribution in [2.75, 3.05) is 13.2 Å². The molecule has 0 saturated heterocycles. The number of benzene rings is 4. The summed E-state index contributed by atoms with van der Waals surface area (Å²) in [5, 5.41) is 21.1. The van der Waals surface area contributed by atoms with E-state index < -0.39 is 9.85 Å². The Hall–Kier alpha value is -6.28. The minimum Gasteiger partial charge on any atom is -0.494 e. The van der Waals surface area contributed by atoms with Gasteiger partial charge in [-0.05, 0) is 84.6 Å². The number of hydrogen-bond donors (Lipinski definition) is 0. The van der Waals surface area contributed by atoms with Crippen LogP contribution in [0.5, 0.6) is 11.5 Å². The van der Waals surface area contributed by atoms with Crippen LogP contribution in [0.1, 0.15) is 36.1 Å². The lowest BCUT2D eigenvalue weighted by molar-refractivity contribution is -0.385. The summed E-state index contributed by atoms with van der Waals surface area (Å²) in [7, 11) is 0. The molecular formula is C40H38N2O6. The summed E-state index contributed by atoms with van der Waals surface area (Å²) in [6, 6.07) is 28.7. The van der Waals surface area contributed by atoms with Gasteiger partial charge in [-0.15, -0.1) is 0 Å². The minimum atomic E-state index is -0.404. The molecule has 0 saturated carbocycles. The maximum atomic E-state index is 10.6. The van der Waals surface area contributed by atoms with Crippen molar-refractivity contribution in [1.29, 1.82) is 0 Å². The zero-order valence-electron chi connectivity index (χ0n) is 26.9. The molecule has 0 spiro atoms. The smallest absolute Gasteiger partial charge is 0.269 e. The molecule has 0 atom stereocenters. The second kappa shape index (κ2) is 20.7. The van der Waals surface area contributed by atoms with Crippen LogP contribution in [0, 0.1) is 20.2 Å². The summed E-state index contributed by atoms with van der Waals surface area (Å²) in [6.45, 7) is 5.25. The van der Waals surface area contributed by atoms with Crippen molar-refractivity contribution in [3.05, 3.63) is 188 Å². The molecule has 0 aliphatic heterocycles. The standard InChI is InChI=1S/2C20H19NO3/c2*1-2-24-20-15-11-18(12-16-20)8-6-4-3-5-7-17-9-13-19(14-10-17)21(22)23/h2*3-16H,2H2,1H3/b2*4-3-,7-5+,8-6+. The molecule has 8 heteroatoms. The van der Waals surface area contributed by atoms with Crippen molar-refractivity contribution in [1.82, 2.24) is 0 Å². The van der Waals surface area contributed by atoms with Crippen LogP contribution in [0.3, 0.4) is 0 Å². The fraction of sp³-hybridized carbons (Fsp3) is 0.100. The van der Waals surface area contributed by atoms with Crippen molar-refractivity contribution < 1.29 is 19.3 Å². The first kappa shape index (κ1) is 36.2. The lowest BCUT2D eigenvalue weighted by Crippen LogP contribution is -1.90. The summed E-state index contributed by atoms with van der Waals surface area (Å²) in [4.78, 5) is 20.3. The highest BCUT2D eigenvalue weighted by atomic mass is 16.6. The Morgan fingerprint density at radius 3 is 0.917 bits per heavy atom. The third kappa shape index (κ3) is 13.8. The number of ether oxygens (including phenoxy) is 2. The van der Waals surface area contributed by atoms with Gasteiger partial charge in [-0.25, -0.2) is 0 Å². The van der Waals surface area contributed by atoms with E-state index in [-0.39, 0.29) is 11.4 Å². The van der Waals surface area contributed by atoms with Gasteiger partial charge in [0, 0.05) is 24.3 Å². The number of nitro groups is 2. The van der Waals surface area contributed by atoms with Crippen LogP contribution in [0.2, 0.25) is 0 Å². The first-order chi connectivity index (χ1) is 23.4. The van der Waals surface area contributed by atoms with Crippen LogP contribution in [-0.2, 0) is 0 Å². The summed E-state index contributed by atoms with van der Waals surface area (Å²) in [5.74, 6) is 1.74.